The van der Waals surface area contributed by atoms with Gasteiger partial charge in [-0.3, -0.25) is 4.79 Å². The number of aryl methyl sites for hydroxylation is 1. The van der Waals surface area contributed by atoms with Crippen molar-refractivity contribution in [2.45, 2.75) is 18.9 Å². The molecule has 3 nitrogen and oxygen atoms in total. The highest BCUT2D eigenvalue weighted by Crippen LogP contribution is 2.35. The van der Waals surface area contributed by atoms with Gasteiger partial charge in [0.2, 0.25) is 0 Å². The van der Waals surface area contributed by atoms with Crippen LogP contribution in [0, 0.1) is 0 Å². The van der Waals surface area contributed by atoms with Crippen LogP contribution >= 0.6 is 0 Å². The Hall–Kier alpha value is -2.29. The van der Waals surface area contributed by atoms with Gasteiger partial charge in [0.15, 0.2) is 0 Å². The molecule has 0 radical (unpaired) electrons. The molecule has 0 saturated heterocycles. The van der Waals surface area contributed by atoms with Crippen molar-refractivity contribution in [1.82, 2.24) is 4.90 Å². The molecule has 1 aliphatic carbocycles. The SMILES string of the molecule is CN(C)c1ccc(C(=O)N(C)[C@H]2CCc3ccccc32)cc1. The minimum Gasteiger partial charge on any atom is -0.378 e. The molecule has 114 valence electrons. The third-order valence-corrected chi connectivity index (χ3v) is 4.52. The molecule has 0 aliphatic heterocycles. The smallest absolute Gasteiger partial charge is 0.254 e. The molecule has 22 heavy (non-hydrogen) atoms. The number of hydrogen-bond acceptors (Lipinski definition) is 2. The molecule has 0 bridgehead atoms. The number of amides is 1. The number of fused-ring (bicyclic) bond motifs is 1. The first kappa shape index (κ1) is 14.6. The molecule has 1 aliphatic rings. The Kier molecular flexibility index (Phi) is 3.88. The van der Waals surface area contributed by atoms with E-state index in [9.17, 15) is 4.79 Å². The van der Waals surface area contributed by atoms with Crippen molar-refractivity contribution in [3.05, 3.63) is 65.2 Å². The standard InChI is InChI=1S/C19H22N2O/c1-20(2)16-11-8-15(9-12-16)19(22)21(3)18-13-10-14-6-4-5-7-17(14)18/h4-9,11-12,18H,10,13H2,1-3H3/t18-/m0/s1. The van der Waals surface area contributed by atoms with E-state index in [4.69, 9.17) is 0 Å². The molecule has 0 N–H and O–H groups in total. The minimum atomic E-state index is 0.0898. The summed E-state index contributed by atoms with van der Waals surface area (Å²) in [6.45, 7) is 0. The zero-order valence-electron chi connectivity index (χ0n) is 13.4. The van der Waals surface area contributed by atoms with Crippen LogP contribution in [0.1, 0.15) is 33.9 Å². The van der Waals surface area contributed by atoms with Crippen LogP contribution < -0.4 is 4.90 Å². The zero-order chi connectivity index (χ0) is 15.7. The maximum Gasteiger partial charge on any atom is 0.254 e. The van der Waals surface area contributed by atoms with Gasteiger partial charge in [-0.1, -0.05) is 24.3 Å². The van der Waals surface area contributed by atoms with Gasteiger partial charge in [0.05, 0.1) is 6.04 Å². The fourth-order valence-corrected chi connectivity index (χ4v) is 3.18. The molecular formula is C19H22N2O. The van der Waals surface area contributed by atoms with E-state index in [-0.39, 0.29) is 11.9 Å². The summed E-state index contributed by atoms with van der Waals surface area (Å²) in [7, 11) is 5.91. The monoisotopic (exact) mass is 294 g/mol. The van der Waals surface area contributed by atoms with Gasteiger partial charge in [0, 0.05) is 32.4 Å². The van der Waals surface area contributed by atoms with E-state index in [0.717, 1.165) is 24.1 Å². The van der Waals surface area contributed by atoms with Crippen molar-refractivity contribution in [1.29, 1.82) is 0 Å². The largest absolute Gasteiger partial charge is 0.378 e. The lowest BCUT2D eigenvalue weighted by Crippen LogP contribution is -2.30. The van der Waals surface area contributed by atoms with E-state index < -0.39 is 0 Å². The predicted molar refractivity (Wildman–Crippen MR) is 90.4 cm³/mol. The Bertz CT molecular complexity index is 676. The summed E-state index contributed by atoms with van der Waals surface area (Å²) in [6.07, 6.45) is 2.06. The molecule has 0 saturated carbocycles. The summed E-state index contributed by atoms with van der Waals surface area (Å²) in [5, 5.41) is 0. The molecule has 2 aromatic rings. The highest BCUT2D eigenvalue weighted by molar-refractivity contribution is 5.94. The summed E-state index contributed by atoms with van der Waals surface area (Å²) in [5.41, 5.74) is 4.52. The first-order chi connectivity index (χ1) is 10.6. The van der Waals surface area contributed by atoms with Crippen molar-refractivity contribution in [3.63, 3.8) is 0 Å². The molecule has 2 aromatic carbocycles. The summed E-state index contributed by atoms with van der Waals surface area (Å²) in [6, 6.07) is 16.4. The van der Waals surface area contributed by atoms with E-state index in [0.29, 0.717) is 0 Å². The molecule has 0 unspecified atom stereocenters. The van der Waals surface area contributed by atoms with Crippen LogP contribution in [0.3, 0.4) is 0 Å². The second kappa shape index (κ2) is 5.84. The van der Waals surface area contributed by atoms with E-state index in [1.54, 1.807) is 0 Å². The molecule has 3 heteroatoms. The van der Waals surface area contributed by atoms with Crippen molar-refractivity contribution in [2.75, 3.05) is 26.0 Å². The Morgan fingerprint density at radius 1 is 1.00 bits per heavy atom. The third-order valence-electron chi connectivity index (χ3n) is 4.52. The molecule has 0 fully saturated rings. The Balaban J connectivity index is 1.81. The number of benzene rings is 2. The number of anilines is 1. The van der Waals surface area contributed by atoms with E-state index in [1.165, 1.54) is 11.1 Å². The number of hydrogen-bond donors (Lipinski definition) is 0. The fourth-order valence-electron chi connectivity index (χ4n) is 3.18. The lowest BCUT2D eigenvalue weighted by molar-refractivity contribution is 0.0730. The molecule has 1 amide bonds. The van der Waals surface area contributed by atoms with Gasteiger partial charge in [-0.15, -0.1) is 0 Å². The summed E-state index contributed by atoms with van der Waals surface area (Å²) in [4.78, 5) is 16.7. The molecule has 3 rings (SSSR count). The second-order valence-electron chi connectivity index (χ2n) is 6.11. The van der Waals surface area contributed by atoms with E-state index in [2.05, 4.69) is 24.3 Å². The molecule has 0 heterocycles. The number of carbonyl (C=O) groups is 1. The third kappa shape index (κ3) is 2.59. The first-order valence-electron chi connectivity index (χ1n) is 7.70. The van der Waals surface area contributed by atoms with Gasteiger partial charge in [-0.05, 0) is 48.2 Å². The Morgan fingerprint density at radius 3 is 2.36 bits per heavy atom. The van der Waals surface area contributed by atoms with Crippen LogP contribution in [0.2, 0.25) is 0 Å². The molecule has 0 aromatic heterocycles. The van der Waals surface area contributed by atoms with Crippen LogP contribution in [0.4, 0.5) is 5.69 Å². The predicted octanol–water partition coefficient (Wildman–Crippen LogP) is 3.51. The van der Waals surface area contributed by atoms with Crippen molar-refractivity contribution in [3.8, 4) is 0 Å². The summed E-state index contributed by atoms with van der Waals surface area (Å²) < 4.78 is 0. The van der Waals surface area contributed by atoms with Crippen LogP contribution in [0.5, 0.6) is 0 Å². The molecule has 1 atom stereocenters. The van der Waals surface area contributed by atoms with Gasteiger partial charge in [0.25, 0.3) is 5.91 Å². The van der Waals surface area contributed by atoms with E-state index in [1.807, 2.05) is 55.2 Å². The maximum atomic E-state index is 12.7. The van der Waals surface area contributed by atoms with Crippen LogP contribution in [-0.4, -0.2) is 32.0 Å². The quantitative estimate of drug-likeness (QED) is 0.865. The molecular weight excluding hydrogens is 272 g/mol. The van der Waals surface area contributed by atoms with Crippen molar-refractivity contribution in [2.24, 2.45) is 0 Å². The van der Waals surface area contributed by atoms with Crippen LogP contribution in [-0.2, 0) is 6.42 Å². The normalized spacial score (nSPS) is 16.2. The lowest BCUT2D eigenvalue weighted by atomic mass is 10.1. The first-order valence-corrected chi connectivity index (χ1v) is 7.70. The van der Waals surface area contributed by atoms with Gasteiger partial charge in [-0.25, -0.2) is 0 Å². The summed E-state index contributed by atoms with van der Waals surface area (Å²) >= 11 is 0. The number of carbonyl (C=O) groups excluding carboxylic acids is 1. The highest BCUT2D eigenvalue weighted by Gasteiger charge is 2.28. The average Bonchev–Trinajstić information content (AvgIpc) is 2.97. The van der Waals surface area contributed by atoms with E-state index >= 15 is 0 Å². The Labute approximate surface area is 132 Å². The molecule has 0 spiro atoms. The summed E-state index contributed by atoms with van der Waals surface area (Å²) in [5.74, 6) is 0.0898. The maximum absolute atomic E-state index is 12.7. The Morgan fingerprint density at radius 2 is 1.68 bits per heavy atom. The van der Waals surface area contributed by atoms with Crippen LogP contribution in [0.15, 0.2) is 48.5 Å². The minimum absolute atomic E-state index is 0.0898. The highest BCUT2D eigenvalue weighted by atomic mass is 16.2. The number of nitrogens with zero attached hydrogens (tertiary/aromatic N) is 2. The lowest BCUT2D eigenvalue weighted by Gasteiger charge is -2.26. The van der Waals surface area contributed by atoms with Gasteiger partial charge >= 0.3 is 0 Å². The zero-order valence-corrected chi connectivity index (χ0v) is 13.4. The van der Waals surface area contributed by atoms with Gasteiger partial charge in [0.1, 0.15) is 0 Å². The topological polar surface area (TPSA) is 23.6 Å². The van der Waals surface area contributed by atoms with Gasteiger partial charge < -0.3 is 9.80 Å². The second-order valence-corrected chi connectivity index (χ2v) is 6.11. The van der Waals surface area contributed by atoms with Crippen molar-refractivity contribution < 1.29 is 4.79 Å². The van der Waals surface area contributed by atoms with Crippen LogP contribution in [0.25, 0.3) is 0 Å². The van der Waals surface area contributed by atoms with Gasteiger partial charge in [-0.2, -0.15) is 0 Å². The fraction of sp³-hybridized carbons (Fsp3) is 0.316. The van der Waals surface area contributed by atoms with Crippen molar-refractivity contribution >= 4 is 11.6 Å². The number of rotatable bonds is 3. The average molecular weight is 294 g/mol.